The number of hydrogen-bond acceptors (Lipinski definition) is 3. The minimum atomic E-state index is -0.525. The molecule has 0 aliphatic carbocycles. The third kappa shape index (κ3) is 4.56. The van der Waals surface area contributed by atoms with Crippen LogP contribution in [0, 0.1) is 5.82 Å². The highest BCUT2D eigenvalue weighted by Gasteiger charge is 2.17. The van der Waals surface area contributed by atoms with Crippen LogP contribution in [0.1, 0.15) is 26.3 Å². The predicted molar refractivity (Wildman–Crippen MR) is 78.1 cm³/mol. The summed E-state index contributed by atoms with van der Waals surface area (Å²) in [6.07, 6.45) is 3.30. The highest BCUT2D eigenvalue weighted by Crippen LogP contribution is 2.18. The number of rotatable bonds is 3. The van der Waals surface area contributed by atoms with Gasteiger partial charge in [0.15, 0.2) is 0 Å². The minimum Gasteiger partial charge on any atom is -0.460 e. The lowest BCUT2D eigenvalue weighted by Crippen LogP contribution is -2.24. The van der Waals surface area contributed by atoms with E-state index < -0.39 is 11.4 Å². The van der Waals surface area contributed by atoms with Crippen LogP contribution in [0.25, 0.3) is 5.69 Å². The van der Waals surface area contributed by atoms with Crippen molar-refractivity contribution in [2.75, 3.05) is 0 Å². The van der Waals surface area contributed by atoms with Crippen LogP contribution < -0.4 is 0 Å². The van der Waals surface area contributed by atoms with Gasteiger partial charge in [-0.2, -0.15) is 5.10 Å². The normalized spacial score (nSPS) is 11.5. The van der Waals surface area contributed by atoms with Crippen molar-refractivity contribution in [3.8, 4) is 5.69 Å². The second-order valence-corrected chi connectivity index (χ2v) is 6.12. The molecule has 1 aromatic carbocycles. The van der Waals surface area contributed by atoms with E-state index in [0.717, 1.165) is 0 Å². The second-order valence-electron chi connectivity index (χ2n) is 5.68. The summed E-state index contributed by atoms with van der Waals surface area (Å²) >= 11 is 5.81. The molecule has 21 heavy (non-hydrogen) atoms. The first-order valence-electron chi connectivity index (χ1n) is 6.45. The number of nitrogens with zero attached hydrogens (tertiary/aromatic N) is 2. The molecule has 1 heterocycles. The topological polar surface area (TPSA) is 44.1 Å². The van der Waals surface area contributed by atoms with Crippen LogP contribution in [0.2, 0.25) is 5.02 Å². The van der Waals surface area contributed by atoms with Gasteiger partial charge in [0.05, 0.1) is 18.3 Å². The molecule has 0 N–H and O–H groups in total. The van der Waals surface area contributed by atoms with Crippen molar-refractivity contribution in [3.05, 3.63) is 47.0 Å². The van der Waals surface area contributed by atoms with Crippen LogP contribution in [-0.4, -0.2) is 21.4 Å². The molecule has 0 bridgehead atoms. The molecule has 0 saturated heterocycles. The summed E-state index contributed by atoms with van der Waals surface area (Å²) in [6.45, 7) is 5.43. The SMILES string of the molecule is CC(C)(C)OC(=O)Cc1cnn(-c2cc(F)cc(Cl)c2)c1. The number of hydrogen-bond donors (Lipinski definition) is 0. The Kier molecular flexibility index (Phi) is 4.32. The molecule has 2 rings (SSSR count). The Morgan fingerprint density at radius 3 is 2.71 bits per heavy atom. The fourth-order valence-electron chi connectivity index (χ4n) is 1.81. The Labute approximate surface area is 127 Å². The van der Waals surface area contributed by atoms with Gasteiger partial charge in [-0.3, -0.25) is 4.79 Å². The van der Waals surface area contributed by atoms with Gasteiger partial charge in [-0.05, 0) is 39.0 Å². The summed E-state index contributed by atoms with van der Waals surface area (Å²) in [5.41, 5.74) is 0.656. The van der Waals surface area contributed by atoms with E-state index in [-0.39, 0.29) is 17.4 Å². The first kappa shape index (κ1) is 15.5. The number of halogens is 2. The third-order valence-electron chi connectivity index (χ3n) is 2.52. The van der Waals surface area contributed by atoms with Gasteiger partial charge in [-0.15, -0.1) is 0 Å². The Hall–Kier alpha value is -1.88. The maximum atomic E-state index is 13.3. The van der Waals surface area contributed by atoms with Crippen molar-refractivity contribution in [2.24, 2.45) is 0 Å². The average Bonchev–Trinajstić information content (AvgIpc) is 2.73. The minimum absolute atomic E-state index is 0.111. The molecule has 0 unspecified atom stereocenters. The van der Waals surface area contributed by atoms with Crippen molar-refractivity contribution in [1.29, 1.82) is 0 Å². The van der Waals surface area contributed by atoms with Crippen molar-refractivity contribution >= 4 is 17.6 Å². The highest BCUT2D eigenvalue weighted by molar-refractivity contribution is 6.30. The monoisotopic (exact) mass is 310 g/mol. The van der Waals surface area contributed by atoms with Crippen molar-refractivity contribution in [2.45, 2.75) is 32.8 Å². The molecule has 0 aliphatic heterocycles. The van der Waals surface area contributed by atoms with Gasteiger partial charge in [0.1, 0.15) is 11.4 Å². The summed E-state index contributed by atoms with van der Waals surface area (Å²) in [7, 11) is 0. The van der Waals surface area contributed by atoms with Gasteiger partial charge in [-0.1, -0.05) is 11.6 Å². The van der Waals surface area contributed by atoms with Crippen LogP contribution in [-0.2, 0) is 16.0 Å². The molecular formula is C15H16ClFN2O2. The van der Waals surface area contributed by atoms with E-state index in [2.05, 4.69) is 5.10 Å². The van der Waals surface area contributed by atoms with Crippen LogP contribution in [0.4, 0.5) is 4.39 Å². The number of ether oxygens (including phenoxy) is 1. The zero-order valence-electron chi connectivity index (χ0n) is 12.1. The molecule has 0 fully saturated rings. The summed E-state index contributed by atoms with van der Waals surface area (Å²) in [5.74, 6) is -0.777. The summed E-state index contributed by atoms with van der Waals surface area (Å²) < 4.78 is 20.0. The van der Waals surface area contributed by atoms with E-state index in [9.17, 15) is 9.18 Å². The number of carbonyl (C=O) groups excluding carboxylic acids is 1. The van der Waals surface area contributed by atoms with Gasteiger partial charge in [0.25, 0.3) is 0 Å². The van der Waals surface area contributed by atoms with E-state index >= 15 is 0 Å². The molecule has 1 aromatic heterocycles. The Bertz CT molecular complexity index is 642. The molecule has 0 radical (unpaired) electrons. The van der Waals surface area contributed by atoms with Crippen molar-refractivity contribution in [1.82, 2.24) is 9.78 Å². The highest BCUT2D eigenvalue weighted by atomic mass is 35.5. The van der Waals surface area contributed by atoms with E-state index in [1.165, 1.54) is 16.8 Å². The predicted octanol–water partition coefficient (Wildman–Crippen LogP) is 3.55. The van der Waals surface area contributed by atoms with Crippen molar-refractivity contribution in [3.63, 3.8) is 0 Å². The molecule has 0 atom stereocenters. The zero-order chi connectivity index (χ0) is 15.6. The molecular weight excluding hydrogens is 295 g/mol. The lowest BCUT2D eigenvalue weighted by molar-refractivity contribution is -0.153. The van der Waals surface area contributed by atoms with E-state index in [1.807, 2.05) is 20.8 Å². The lowest BCUT2D eigenvalue weighted by Gasteiger charge is -2.19. The van der Waals surface area contributed by atoms with Gasteiger partial charge in [0, 0.05) is 16.8 Å². The molecule has 0 aliphatic rings. The van der Waals surface area contributed by atoms with Gasteiger partial charge in [0.2, 0.25) is 0 Å². The number of aromatic nitrogens is 2. The summed E-state index contributed by atoms with van der Waals surface area (Å²) in [6, 6.07) is 4.13. The Morgan fingerprint density at radius 1 is 1.38 bits per heavy atom. The van der Waals surface area contributed by atoms with Crippen LogP contribution in [0.5, 0.6) is 0 Å². The number of benzene rings is 1. The molecule has 112 valence electrons. The fraction of sp³-hybridized carbons (Fsp3) is 0.333. The second kappa shape index (κ2) is 5.85. The summed E-state index contributed by atoms with van der Waals surface area (Å²) in [5, 5.41) is 4.39. The standard InChI is InChI=1S/C15H16ClFN2O2/c1-15(2,3)21-14(20)4-10-8-18-19(9-10)13-6-11(16)5-12(17)7-13/h5-9H,4H2,1-3H3. The average molecular weight is 311 g/mol. The maximum Gasteiger partial charge on any atom is 0.310 e. The zero-order valence-corrected chi connectivity index (χ0v) is 12.8. The Morgan fingerprint density at radius 2 is 2.10 bits per heavy atom. The van der Waals surface area contributed by atoms with Gasteiger partial charge in [-0.25, -0.2) is 9.07 Å². The van der Waals surface area contributed by atoms with Crippen LogP contribution >= 0.6 is 11.6 Å². The molecule has 4 nitrogen and oxygen atoms in total. The first-order valence-corrected chi connectivity index (χ1v) is 6.82. The third-order valence-corrected chi connectivity index (χ3v) is 2.73. The summed E-state index contributed by atoms with van der Waals surface area (Å²) in [4.78, 5) is 11.7. The largest absolute Gasteiger partial charge is 0.460 e. The van der Waals surface area contributed by atoms with Gasteiger partial charge < -0.3 is 4.74 Å². The molecule has 6 heteroatoms. The molecule has 0 saturated carbocycles. The molecule has 0 spiro atoms. The molecule has 2 aromatic rings. The van der Waals surface area contributed by atoms with Crippen LogP contribution in [0.15, 0.2) is 30.6 Å². The van der Waals surface area contributed by atoms with Crippen LogP contribution in [0.3, 0.4) is 0 Å². The maximum absolute atomic E-state index is 13.3. The smallest absolute Gasteiger partial charge is 0.310 e. The van der Waals surface area contributed by atoms with Gasteiger partial charge >= 0.3 is 5.97 Å². The lowest BCUT2D eigenvalue weighted by atomic mass is 10.2. The van der Waals surface area contributed by atoms with E-state index in [0.29, 0.717) is 11.3 Å². The van der Waals surface area contributed by atoms with E-state index in [1.54, 1.807) is 18.5 Å². The first-order chi connectivity index (χ1) is 9.73. The fourth-order valence-corrected chi connectivity index (χ4v) is 2.02. The number of carbonyl (C=O) groups is 1. The Balaban J connectivity index is 2.13. The van der Waals surface area contributed by atoms with E-state index in [4.69, 9.17) is 16.3 Å². The number of esters is 1. The molecule has 0 amide bonds. The van der Waals surface area contributed by atoms with Crippen molar-refractivity contribution < 1.29 is 13.9 Å². The quantitative estimate of drug-likeness (QED) is 0.814.